The van der Waals surface area contributed by atoms with E-state index in [1.807, 2.05) is 44.2 Å². The van der Waals surface area contributed by atoms with E-state index in [4.69, 9.17) is 19.6 Å². The number of nitrogens with two attached hydrogens (primary N) is 1. The number of hydrogen-bond acceptors (Lipinski definition) is 6. The SMILES string of the molecule is CCOC(=O)c1c(C)oc(NC(=O)/C(=C/c2ccc(OC(C)C)cc2)c2ccccc2)c1C(N)=O. The van der Waals surface area contributed by atoms with Gasteiger partial charge < -0.3 is 19.6 Å². The Hall–Kier alpha value is -4.33. The Morgan fingerprint density at radius 2 is 1.69 bits per heavy atom. The standard InChI is InChI=1S/C27H28N2O6/c1-5-33-27(32)22-17(4)35-26(23(22)24(28)30)29-25(31)21(19-9-7-6-8-10-19)15-18-11-13-20(14-12-18)34-16(2)3/h6-16H,5H2,1-4H3,(H2,28,30)(H,29,31)/b21-15+. The summed E-state index contributed by atoms with van der Waals surface area (Å²) in [7, 11) is 0. The van der Waals surface area contributed by atoms with Crippen LogP contribution in [0.1, 0.15) is 58.4 Å². The van der Waals surface area contributed by atoms with E-state index in [1.54, 1.807) is 37.3 Å². The fourth-order valence-corrected chi connectivity index (χ4v) is 3.47. The molecule has 0 radical (unpaired) electrons. The number of rotatable bonds is 9. The number of carbonyl (C=O) groups is 3. The van der Waals surface area contributed by atoms with Gasteiger partial charge in [0.15, 0.2) is 0 Å². The summed E-state index contributed by atoms with van der Waals surface area (Å²) >= 11 is 0. The maximum absolute atomic E-state index is 13.4. The first-order valence-electron chi connectivity index (χ1n) is 11.2. The van der Waals surface area contributed by atoms with Crippen LogP contribution in [0, 0.1) is 6.92 Å². The smallest absolute Gasteiger partial charge is 0.342 e. The van der Waals surface area contributed by atoms with Crippen molar-refractivity contribution >= 4 is 35.3 Å². The van der Waals surface area contributed by atoms with Crippen molar-refractivity contribution in [2.24, 2.45) is 5.73 Å². The van der Waals surface area contributed by atoms with Gasteiger partial charge in [0.25, 0.3) is 11.8 Å². The van der Waals surface area contributed by atoms with E-state index in [1.165, 1.54) is 6.92 Å². The van der Waals surface area contributed by atoms with Crippen molar-refractivity contribution in [1.82, 2.24) is 0 Å². The van der Waals surface area contributed by atoms with Crippen molar-refractivity contribution in [3.05, 3.63) is 82.6 Å². The molecule has 8 heteroatoms. The zero-order valence-corrected chi connectivity index (χ0v) is 20.1. The molecule has 8 nitrogen and oxygen atoms in total. The number of amides is 2. The average Bonchev–Trinajstić information content (AvgIpc) is 3.14. The number of furan rings is 1. The molecule has 0 aliphatic heterocycles. The van der Waals surface area contributed by atoms with Crippen LogP contribution in [0.15, 0.2) is 59.0 Å². The van der Waals surface area contributed by atoms with E-state index in [-0.39, 0.29) is 35.5 Å². The van der Waals surface area contributed by atoms with Crippen molar-refractivity contribution in [3.8, 4) is 5.75 Å². The second-order valence-corrected chi connectivity index (χ2v) is 7.94. The van der Waals surface area contributed by atoms with Crippen LogP contribution in [0.2, 0.25) is 0 Å². The Morgan fingerprint density at radius 1 is 1.03 bits per heavy atom. The number of ether oxygens (including phenoxy) is 2. The molecular weight excluding hydrogens is 448 g/mol. The summed E-state index contributed by atoms with van der Waals surface area (Å²) in [6, 6.07) is 16.3. The van der Waals surface area contributed by atoms with Gasteiger partial charge in [0.05, 0.1) is 12.7 Å². The molecule has 35 heavy (non-hydrogen) atoms. The van der Waals surface area contributed by atoms with Crippen molar-refractivity contribution in [1.29, 1.82) is 0 Å². The molecule has 0 saturated heterocycles. The zero-order chi connectivity index (χ0) is 25.5. The van der Waals surface area contributed by atoms with Crippen LogP contribution in [-0.2, 0) is 9.53 Å². The lowest BCUT2D eigenvalue weighted by molar-refractivity contribution is -0.111. The first-order valence-corrected chi connectivity index (χ1v) is 11.2. The molecule has 3 rings (SSSR count). The number of benzene rings is 2. The maximum atomic E-state index is 13.4. The third-order valence-electron chi connectivity index (χ3n) is 4.93. The van der Waals surface area contributed by atoms with Gasteiger partial charge in [-0.3, -0.25) is 14.9 Å². The molecule has 0 fully saturated rings. The van der Waals surface area contributed by atoms with E-state index in [0.717, 1.165) is 5.56 Å². The van der Waals surface area contributed by atoms with Crippen LogP contribution < -0.4 is 15.8 Å². The van der Waals surface area contributed by atoms with Gasteiger partial charge in [-0.05, 0) is 57.0 Å². The van der Waals surface area contributed by atoms with Gasteiger partial charge in [-0.1, -0.05) is 42.5 Å². The van der Waals surface area contributed by atoms with Crippen molar-refractivity contribution in [2.75, 3.05) is 11.9 Å². The fraction of sp³-hybridized carbons (Fsp3) is 0.222. The van der Waals surface area contributed by atoms with Gasteiger partial charge in [-0.15, -0.1) is 0 Å². The average molecular weight is 477 g/mol. The highest BCUT2D eigenvalue weighted by molar-refractivity contribution is 6.29. The molecule has 0 bridgehead atoms. The van der Waals surface area contributed by atoms with Gasteiger partial charge >= 0.3 is 5.97 Å². The number of carbonyl (C=O) groups excluding carboxylic acids is 3. The monoisotopic (exact) mass is 476 g/mol. The Morgan fingerprint density at radius 3 is 2.26 bits per heavy atom. The molecule has 3 aromatic rings. The summed E-state index contributed by atoms with van der Waals surface area (Å²) in [6.07, 6.45) is 1.74. The fourth-order valence-electron chi connectivity index (χ4n) is 3.47. The third-order valence-corrected chi connectivity index (χ3v) is 4.93. The second kappa shape index (κ2) is 11.2. The highest BCUT2D eigenvalue weighted by Crippen LogP contribution is 2.29. The van der Waals surface area contributed by atoms with Gasteiger partial charge in [0.1, 0.15) is 22.6 Å². The van der Waals surface area contributed by atoms with Crippen LogP contribution >= 0.6 is 0 Å². The number of primary amides is 1. The zero-order valence-electron chi connectivity index (χ0n) is 20.1. The van der Waals surface area contributed by atoms with E-state index in [2.05, 4.69) is 5.32 Å². The lowest BCUT2D eigenvalue weighted by atomic mass is 10.0. The predicted molar refractivity (Wildman–Crippen MR) is 133 cm³/mol. The summed E-state index contributed by atoms with van der Waals surface area (Å²) in [5.74, 6) is -1.63. The molecule has 0 atom stereocenters. The van der Waals surface area contributed by atoms with E-state index >= 15 is 0 Å². The van der Waals surface area contributed by atoms with Gasteiger partial charge in [-0.25, -0.2) is 4.79 Å². The number of esters is 1. The molecule has 0 spiro atoms. The highest BCUT2D eigenvalue weighted by atomic mass is 16.5. The normalized spacial score (nSPS) is 11.3. The van der Waals surface area contributed by atoms with Crippen LogP contribution in [0.5, 0.6) is 5.75 Å². The predicted octanol–water partition coefficient (Wildman–Crippen LogP) is 4.83. The van der Waals surface area contributed by atoms with E-state index in [9.17, 15) is 14.4 Å². The Bertz CT molecular complexity index is 1240. The van der Waals surface area contributed by atoms with E-state index in [0.29, 0.717) is 16.9 Å². The van der Waals surface area contributed by atoms with Crippen molar-refractivity contribution in [3.63, 3.8) is 0 Å². The van der Waals surface area contributed by atoms with Crippen LogP contribution in [-0.4, -0.2) is 30.5 Å². The minimum atomic E-state index is -0.925. The van der Waals surface area contributed by atoms with Crippen LogP contribution in [0.4, 0.5) is 5.88 Å². The molecule has 1 heterocycles. The number of aryl methyl sites for hydroxylation is 1. The summed E-state index contributed by atoms with van der Waals surface area (Å²) in [5, 5.41) is 2.60. The van der Waals surface area contributed by atoms with Crippen molar-refractivity contribution < 1.29 is 28.3 Å². The number of anilines is 1. The Labute approximate surface area is 203 Å². The molecule has 182 valence electrons. The third kappa shape index (κ3) is 6.17. The summed E-state index contributed by atoms with van der Waals surface area (Å²) in [5.41, 5.74) is 6.87. The number of nitrogens with one attached hydrogen (secondary N) is 1. The van der Waals surface area contributed by atoms with E-state index < -0.39 is 17.8 Å². The summed E-state index contributed by atoms with van der Waals surface area (Å²) < 4.78 is 16.2. The van der Waals surface area contributed by atoms with Gasteiger partial charge in [0, 0.05) is 5.57 Å². The Balaban J connectivity index is 2.00. The van der Waals surface area contributed by atoms with Gasteiger partial charge in [-0.2, -0.15) is 0 Å². The van der Waals surface area contributed by atoms with Gasteiger partial charge in [0.2, 0.25) is 5.88 Å². The minimum absolute atomic E-state index is 0.0396. The van der Waals surface area contributed by atoms with Crippen LogP contribution in [0.25, 0.3) is 11.6 Å². The quantitative estimate of drug-likeness (QED) is 0.259. The highest BCUT2D eigenvalue weighted by Gasteiger charge is 2.29. The lowest BCUT2D eigenvalue weighted by Gasteiger charge is -2.11. The molecule has 0 aliphatic carbocycles. The lowest BCUT2D eigenvalue weighted by Crippen LogP contribution is -2.20. The molecular formula is C27H28N2O6. The largest absolute Gasteiger partial charge is 0.491 e. The molecule has 2 aromatic carbocycles. The van der Waals surface area contributed by atoms with Crippen molar-refractivity contribution in [2.45, 2.75) is 33.8 Å². The minimum Gasteiger partial charge on any atom is -0.491 e. The maximum Gasteiger partial charge on any atom is 0.342 e. The topological polar surface area (TPSA) is 121 Å². The second-order valence-electron chi connectivity index (χ2n) is 7.94. The summed E-state index contributed by atoms with van der Waals surface area (Å²) in [4.78, 5) is 37.9. The molecule has 1 aromatic heterocycles. The first-order chi connectivity index (χ1) is 16.7. The molecule has 0 aliphatic rings. The molecule has 3 N–H and O–H groups in total. The Kier molecular flexibility index (Phi) is 8.09. The molecule has 0 saturated carbocycles. The summed E-state index contributed by atoms with van der Waals surface area (Å²) in [6.45, 7) is 7.11. The number of hydrogen-bond donors (Lipinski definition) is 2. The van der Waals surface area contributed by atoms with Crippen LogP contribution in [0.3, 0.4) is 0 Å². The first kappa shape index (κ1) is 25.3. The molecule has 2 amide bonds. The molecule has 0 unspecified atom stereocenters.